The lowest BCUT2D eigenvalue weighted by Crippen LogP contribution is -2.58. The minimum atomic E-state index is -0.453. The van der Waals surface area contributed by atoms with Crippen LogP contribution in [0.5, 0.6) is 0 Å². The van der Waals surface area contributed by atoms with Gasteiger partial charge in [-0.1, -0.05) is 54.4 Å². The summed E-state index contributed by atoms with van der Waals surface area (Å²) in [6.07, 6.45) is 3.89. The van der Waals surface area contributed by atoms with Crippen molar-refractivity contribution in [3.05, 3.63) is 0 Å². The van der Waals surface area contributed by atoms with Crippen LogP contribution < -0.4 is 10.6 Å². The second-order valence-electron chi connectivity index (χ2n) is 8.30. The summed E-state index contributed by atoms with van der Waals surface area (Å²) in [5.74, 6) is 0.871. The van der Waals surface area contributed by atoms with Crippen molar-refractivity contribution >= 4 is 11.8 Å². The monoisotopic (exact) mass is 353 g/mol. The lowest BCUT2D eigenvalue weighted by molar-refractivity contribution is -0.140. The molecule has 0 bridgehead atoms. The summed E-state index contributed by atoms with van der Waals surface area (Å²) in [6.45, 7) is 13.6. The number of nitrogens with zero attached hydrogens (tertiary/aromatic N) is 1. The van der Waals surface area contributed by atoms with Crippen molar-refractivity contribution in [2.45, 2.75) is 85.4 Å². The molecule has 1 aliphatic heterocycles. The van der Waals surface area contributed by atoms with Crippen LogP contribution in [0.25, 0.3) is 0 Å². The van der Waals surface area contributed by atoms with Crippen LogP contribution in [-0.2, 0) is 9.59 Å². The fourth-order valence-electron chi connectivity index (χ4n) is 4.04. The van der Waals surface area contributed by atoms with Crippen LogP contribution in [0.15, 0.2) is 0 Å². The predicted octanol–water partition coefficient (Wildman–Crippen LogP) is 2.80. The second kappa shape index (κ2) is 10.1. The second-order valence-corrected chi connectivity index (χ2v) is 8.30. The molecule has 0 aromatic carbocycles. The molecule has 3 atom stereocenters. The third kappa shape index (κ3) is 5.98. The zero-order valence-corrected chi connectivity index (χ0v) is 17.3. The molecular weight excluding hydrogens is 314 g/mol. The van der Waals surface area contributed by atoms with Crippen LogP contribution in [0.4, 0.5) is 0 Å². The molecule has 1 rings (SSSR count). The van der Waals surface area contributed by atoms with E-state index in [9.17, 15) is 9.59 Å². The molecule has 146 valence electrons. The van der Waals surface area contributed by atoms with Crippen LogP contribution >= 0.6 is 0 Å². The van der Waals surface area contributed by atoms with Gasteiger partial charge in [-0.05, 0) is 37.1 Å². The molecule has 1 heterocycles. The van der Waals surface area contributed by atoms with Crippen molar-refractivity contribution in [2.75, 3.05) is 13.6 Å². The maximum Gasteiger partial charge on any atom is 0.245 e. The third-order valence-corrected chi connectivity index (χ3v) is 5.56. The first-order valence-corrected chi connectivity index (χ1v) is 10.0. The Hall–Kier alpha value is -1.10. The van der Waals surface area contributed by atoms with Gasteiger partial charge in [-0.25, -0.2) is 0 Å². The standard InChI is InChI=1S/C20H39N3O2/c1-8-15(6)17(22-19(24)16-11-9-10-12-21-16)20(25)23(7)18(13(2)3)14(4)5/h13-18,21H,8-12H2,1-7H3,(H,22,24)/t15-,16+,17-/m0/s1. The predicted molar refractivity (Wildman–Crippen MR) is 103 cm³/mol. The summed E-state index contributed by atoms with van der Waals surface area (Å²) in [4.78, 5) is 27.7. The van der Waals surface area contributed by atoms with E-state index in [1.54, 1.807) is 0 Å². The number of carbonyl (C=O) groups excluding carboxylic acids is 2. The zero-order chi connectivity index (χ0) is 19.1. The summed E-state index contributed by atoms with van der Waals surface area (Å²) in [5.41, 5.74) is 0. The van der Waals surface area contributed by atoms with Crippen molar-refractivity contribution in [3.63, 3.8) is 0 Å². The number of nitrogens with one attached hydrogen (secondary N) is 2. The van der Waals surface area contributed by atoms with Crippen LogP contribution in [0.1, 0.15) is 67.2 Å². The smallest absolute Gasteiger partial charge is 0.245 e. The van der Waals surface area contributed by atoms with Crippen molar-refractivity contribution in [1.29, 1.82) is 0 Å². The van der Waals surface area contributed by atoms with Gasteiger partial charge in [0.25, 0.3) is 0 Å². The maximum absolute atomic E-state index is 13.2. The van der Waals surface area contributed by atoms with Gasteiger partial charge in [0.15, 0.2) is 0 Å². The van der Waals surface area contributed by atoms with Gasteiger partial charge in [0.2, 0.25) is 11.8 Å². The van der Waals surface area contributed by atoms with Crippen molar-refractivity contribution in [2.24, 2.45) is 17.8 Å². The summed E-state index contributed by atoms with van der Waals surface area (Å²) >= 11 is 0. The first-order valence-electron chi connectivity index (χ1n) is 10.0. The van der Waals surface area contributed by atoms with E-state index in [1.165, 1.54) is 0 Å². The molecule has 0 saturated carbocycles. The number of carbonyl (C=O) groups is 2. The summed E-state index contributed by atoms with van der Waals surface area (Å²) in [6, 6.07) is -0.445. The fraction of sp³-hybridized carbons (Fsp3) is 0.900. The number of rotatable bonds is 8. The molecule has 25 heavy (non-hydrogen) atoms. The van der Waals surface area contributed by atoms with E-state index in [2.05, 4.69) is 45.3 Å². The average Bonchev–Trinajstić information content (AvgIpc) is 2.58. The molecule has 0 aromatic heterocycles. The maximum atomic E-state index is 13.2. The minimum absolute atomic E-state index is 0.0302. The molecule has 0 spiro atoms. The SMILES string of the molecule is CC[C@H](C)[C@H](NC(=O)[C@H]1CCCCN1)C(=O)N(C)C(C(C)C)C(C)C. The minimum Gasteiger partial charge on any atom is -0.343 e. The third-order valence-electron chi connectivity index (χ3n) is 5.56. The molecule has 2 N–H and O–H groups in total. The Morgan fingerprint density at radius 1 is 1.12 bits per heavy atom. The fourth-order valence-corrected chi connectivity index (χ4v) is 4.04. The Morgan fingerprint density at radius 2 is 1.72 bits per heavy atom. The molecule has 0 radical (unpaired) electrons. The number of piperidine rings is 1. The molecule has 5 nitrogen and oxygen atoms in total. The molecule has 0 unspecified atom stereocenters. The van der Waals surface area contributed by atoms with Crippen LogP contribution in [0.2, 0.25) is 0 Å². The van der Waals surface area contributed by atoms with Gasteiger partial charge < -0.3 is 15.5 Å². The van der Waals surface area contributed by atoms with E-state index >= 15 is 0 Å². The largest absolute Gasteiger partial charge is 0.343 e. The average molecular weight is 354 g/mol. The van der Waals surface area contributed by atoms with Gasteiger partial charge >= 0.3 is 0 Å². The van der Waals surface area contributed by atoms with Gasteiger partial charge in [0, 0.05) is 13.1 Å². The topological polar surface area (TPSA) is 61.4 Å². The normalized spacial score (nSPS) is 20.6. The first kappa shape index (κ1) is 21.9. The van der Waals surface area contributed by atoms with Crippen LogP contribution in [0, 0.1) is 17.8 Å². The highest BCUT2D eigenvalue weighted by Gasteiger charge is 2.35. The highest BCUT2D eigenvalue weighted by Crippen LogP contribution is 2.21. The molecule has 0 aliphatic carbocycles. The molecule has 0 aromatic rings. The van der Waals surface area contributed by atoms with Crippen LogP contribution in [-0.4, -0.2) is 48.4 Å². The van der Waals surface area contributed by atoms with Gasteiger partial charge in [0.05, 0.1) is 6.04 Å². The molecule has 1 aliphatic rings. The molecule has 1 fully saturated rings. The van der Waals surface area contributed by atoms with Crippen LogP contribution in [0.3, 0.4) is 0 Å². The lowest BCUT2D eigenvalue weighted by atomic mass is 9.90. The van der Waals surface area contributed by atoms with Crippen molar-refractivity contribution in [1.82, 2.24) is 15.5 Å². The lowest BCUT2D eigenvalue weighted by Gasteiger charge is -2.38. The zero-order valence-electron chi connectivity index (χ0n) is 17.3. The highest BCUT2D eigenvalue weighted by atomic mass is 16.2. The molecule has 2 amide bonds. The molecule has 1 saturated heterocycles. The van der Waals surface area contributed by atoms with E-state index in [4.69, 9.17) is 0 Å². The Labute approximate surface area is 154 Å². The number of amides is 2. The number of likely N-dealkylation sites (N-methyl/N-ethyl adjacent to an activating group) is 1. The number of hydrogen-bond donors (Lipinski definition) is 2. The van der Waals surface area contributed by atoms with Crippen molar-refractivity contribution in [3.8, 4) is 0 Å². The Kier molecular flexibility index (Phi) is 8.91. The van der Waals surface area contributed by atoms with E-state index in [-0.39, 0.29) is 29.8 Å². The quantitative estimate of drug-likeness (QED) is 0.705. The van der Waals surface area contributed by atoms with E-state index in [1.807, 2.05) is 18.9 Å². The van der Waals surface area contributed by atoms with Gasteiger partial charge in [-0.2, -0.15) is 0 Å². The van der Waals surface area contributed by atoms with E-state index in [0.29, 0.717) is 11.8 Å². The van der Waals surface area contributed by atoms with E-state index in [0.717, 1.165) is 32.2 Å². The summed E-state index contributed by atoms with van der Waals surface area (Å²) in [7, 11) is 1.88. The summed E-state index contributed by atoms with van der Waals surface area (Å²) < 4.78 is 0. The van der Waals surface area contributed by atoms with Gasteiger partial charge in [-0.3, -0.25) is 9.59 Å². The molecular formula is C20H39N3O2. The van der Waals surface area contributed by atoms with E-state index < -0.39 is 6.04 Å². The highest BCUT2D eigenvalue weighted by molar-refractivity contribution is 5.90. The number of hydrogen-bond acceptors (Lipinski definition) is 3. The Balaban J connectivity index is 2.89. The first-order chi connectivity index (χ1) is 11.7. The summed E-state index contributed by atoms with van der Waals surface area (Å²) in [5, 5.41) is 6.33. The Morgan fingerprint density at radius 3 is 2.16 bits per heavy atom. The van der Waals surface area contributed by atoms with Gasteiger partial charge in [-0.15, -0.1) is 0 Å². The van der Waals surface area contributed by atoms with Gasteiger partial charge in [0.1, 0.15) is 6.04 Å². The Bertz CT molecular complexity index is 423. The van der Waals surface area contributed by atoms with Crippen molar-refractivity contribution < 1.29 is 9.59 Å². The molecule has 5 heteroatoms.